The number of rotatable bonds is 8. The molecule has 3 aromatic rings. The van der Waals surface area contributed by atoms with Gasteiger partial charge in [-0.3, -0.25) is 4.79 Å². The van der Waals surface area contributed by atoms with Crippen molar-refractivity contribution in [2.24, 2.45) is 0 Å². The normalized spacial score (nSPS) is 10.7. The number of nitrogens with zero attached hydrogens (tertiary/aromatic N) is 3. The highest BCUT2D eigenvalue weighted by Crippen LogP contribution is 2.24. The summed E-state index contributed by atoms with van der Waals surface area (Å²) in [6.45, 7) is 6.24. The molecule has 2 aromatic carbocycles. The molecule has 0 radical (unpaired) electrons. The molecule has 0 aliphatic carbocycles. The summed E-state index contributed by atoms with van der Waals surface area (Å²) in [7, 11) is 0. The van der Waals surface area contributed by atoms with Crippen LogP contribution in [0.2, 0.25) is 10.0 Å². The first-order chi connectivity index (χ1) is 14.0. The Hall–Kier alpha value is -2.28. The summed E-state index contributed by atoms with van der Waals surface area (Å²) in [5.41, 5.74) is 2.63. The van der Waals surface area contributed by atoms with Gasteiger partial charge in [0, 0.05) is 28.7 Å². The van der Waals surface area contributed by atoms with Crippen LogP contribution in [-0.2, 0) is 17.8 Å². The quantitative estimate of drug-likeness (QED) is 0.371. The summed E-state index contributed by atoms with van der Waals surface area (Å²) < 4.78 is 1.96. The smallest absolute Gasteiger partial charge is 0.234 e. The fraction of sp³-hybridized carbons (Fsp3) is 0.190. The second-order valence-electron chi connectivity index (χ2n) is 6.35. The SMILES string of the molecule is C=CCn1c(Cc2ccc(Cl)cc2)nnc1SCC(=O)Nc1cccc(Cl)c1C. The molecule has 0 aliphatic heterocycles. The lowest BCUT2D eigenvalue weighted by Crippen LogP contribution is -2.15. The summed E-state index contributed by atoms with van der Waals surface area (Å²) in [5, 5.41) is 13.4. The Kier molecular flexibility index (Phi) is 7.36. The van der Waals surface area contributed by atoms with Crippen LogP contribution < -0.4 is 5.32 Å². The molecule has 1 aromatic heterocycles. The zero-order chi connectivity index (χ0) is 20.8. The number of aromatic nitrogens is 3. The Bertz CT molecular complexity index is 1020. The highest BCUT2D eigenvalue weighted by atomic mass is 35.5. The molecule has 0 aliphatic rings. The molecule has 1 heterocycles. The molecule has 0 bridgehead atoms. The first-order valence-electron chi connectivity index (χ1n) is 8.93. The standard InChI is InChI=1S/C21H20Cl2N4OS/c1-3-11-27-19(12-15-7-9-16(22)10-8-15)25-26-21(27)29-13-20(28)24-18-6-4-5-17(23)14(18)2/h3-10H,1,11-13H2,2H3,(H,24,28). The Morgan fingerprint density at radius 1 is 1.21 bits per heavy atom. The van der Waals surface area contributed by atoms with Crippen molar-refractivity contribution < 1.29 is 4.79 Å². The summed E-state index contributed by atoms with van der Waals surface area (Å²) in [6.07, 6.45) is 2.40. The molecule has 0 atom stereocenters. The number of carbonyl (C=O) groups is 1. The average Bonchev–Trinajstić information content (AvgIpc) is 3.07. The van der Waals surface area contributed by atoms with E-state index in [0.29, 0.717) is 33.9 Å². The second-order valence-corrected chi connectivity index (χ2v) is 8.14. The molecule has 8 heteroatoms. The Labute approximate surface area is 184 Å². The minimum absolute atomic E-state index is 0.132. The van der Waals surface area contributed by atoms with Crippen LogP contribution in [0, 0.1) is 6.92 Å². The van der Waals surface area contributed by atoms with Gasteiger partial charge in [-0.05, 0) is 42.3 Å². The number of anilines is 1. The lowest BCUT2D eigenvalue weighted by Gasteiger charge is -2.10. The maximum Gasteiger partial charge on any atom is 0.234 e. The van der Waals surface area contributed by atoms with Gasteiger partial charge in [0.25, 0.3) is 0 Å². The molecular weight excluding hydrogens is 427 g/mol. The summed E-state index contributed by atoms with van der Waals surface area (Å²) in [6, 6.07) is 13.1. The topological polar surface area (TPSA) is 59.8 Å². The maximum absolute atomic E-state index is 12.4. The van der Waals surface area contributed by atoms with E-state index in [4.69, 9.17) is 23.2 Å². The number of hydrogen-bond donors (Lipinski definition) is 1. The Morgan fingerprint density at radius 3 is 2.69 bits per heavy atom. The fourth-order valence-corrected chi connectivity index (χ4v) is 3.78. The lowest BCUT2D eigenvalue weighted by atomic mass is 10.1. The number of carbonyl (C=O) groups excluding carboxylic acids is 1. The van der Waals surface area contributed by atoms with Crippen molar-refractivity contribution in [2.45, 2.75) is 25.0 Å². The number of hydrogen-bond acceptors (Lipinski definition) is 4. The van der Waals surface area contributed by atoms with Crippen LogP contribution in [0.4, 0.5) is 5.69 Å². The van der Waals surface area contributed by atoms with Gasteiger partial charge >= 0.3 is 0 Å². The highest BCUT2D eigenvalue weighted by molar-refractivity contribution is 7.99. The zero-order valence-electron chi connectivity index (χ0n) is 15.9. The van der Waals surface area contributed by atoms with Crippen molar-refractivity contribution in [3.63, 3.8) is 0 Å². The van der Waals surface area contributed by atoms with Crippen LogP contribution in [0.1, 0.15) is 17.0 Å². The van der Waals surface area contributed by atoms with Crippen LogP contribution in [0.5, 0.6) is 0 Å². The van der Waals surface area contributed by atoms with Gasteiger partial charge in [0.15, 0.2) is 5.16 Å². The minimum atomic E-state index is -0.132. The van der Waals surface area contributed by atoms with Crippen molar-refractivity contribution in [1.82, 2.24) is 14.8 Å². The third-order valence-corrected chi connectivity index (χ3v) is 5.88. The summed E-state index contributed by atoms with van der Waals surface area (Å²) in [4.78, 5) is 12.4. The van der Waals surface area contributed by atoms with Gasteiger partial charge in [-0.2, -0.15) is 0 Å². The Balaban J connectivity index is 1.67. The Morgan fingerprint density at radius 2 is 1.97 bits per heavy atom. The van der Waals surface area contributed by atoms with Gasteiger partial charge in [0.1, 0.15) is 5.82 Å². The van der Waals surface area contributed by atoms with E-state index in [2.05, 4.69) is 22.1 Å². The van der Waals surface area contributed by atoms with E-state index < -0.39 is 0 Å². The first kappa shape index (κ1) is 21.4. The van der Waals surface area contributed by atoms with E-state index in [1.54, 1.807) is 12.1 Å². The zero-order valence-corrected chi connectivity index (χ0v) is 18.2. The predicted molar refractivity (Wildman–Crippen MR) is 120 cm³/mol. The van der Waals surface area contributed by atoms with E-state index in [0.717, 1.165) is 17.0 Å². The van der Waals surface area contributed by atoms with Gasteiger partial charge in [0.2, 0.25) is 5.91 Å². The van der Waals surface area contributed by atoms with Gasteiger partial charge in [-0.15, -0.1) is 16.8 Å². The number of allylic oxidation sites excluding steroid dienone is 1. The lowest BCUT2D eigenvalue weighted by molar-refractivity contribution is -0.113. The number of nitrogens with one attached hydrogen (secondary N) is 1. The molecule has 1 amide bonds. The third-order valence-electron chi connectivity index (χ3n) is 4.25. The van der Waals surface area contributed by atoms with Crippen LogP contribution in [0.3, 0.4) is 0 Å². The second kappa shape index (κ2) is 9.96. The van der Waals surface area contributed by atoms with E-state index in [-0.39, 0.29) is 11.7 Å². The number of amides is 1. The van der Waals surface area contributed by atoms with Crippen LogP contribution in [0.15, 0.2) is 60.3 Å². The van der Waals surface area contributed by atoms with Crippen LogP contribution >= 0.6 is 35.0 Å². The molecule has 0 saturated carbocycles. The van der Waals surface area contributed by atoms with Gasteiger partial charge in [0.05, 0.1) is 5.75 Å². The molecule has 29 heavy (non-hydrogen) atoms. The van der Waals surface area contributed by atoms with Crippen molar-refractivity contribution in [3.8, 4) is 0 Å². The predicted octanol–water partition coefficient (Wildman–Crippen LogP) is 5.40. The van der Waals surface area contributed by atoms with Gasteiger partial charge in [-0.25, -0.2) is 0 Å². The largest absolute Gasteiger partial charge is 0.325 e. The first-order valence-corrected chi connectivity index (χ1v) is 10.7. The molecular formula is C21H20Cl2N4OS. The van der Waals surface area contributed by atoms with Crippen LogP contribution in [-0.4, -0.2) is 26.4 Å². The molecule has 0 fully saturated rings. The van der Waals surface area contributed by atoms with Crippen molar-refractivity contribution in [3.05, 3.63) is 82.1 Å². The van der Waals surface area contributed by atoms with Gasteiger partial charge < -0.3 is 9.88 Å². The van der Waals surface area contributed by atoms with E-state index in [9.17, 15) is 4.79 Å². The molecule has 0 spiro atoms. The molecule has 0 saturated heterocycles. The monoisotopic (exact) mass is 446 g/mol. The molecule has 3 rings (SSSR count). The number of halogens is 2. The number of benzene rings is 2. The van der Waals surface area contributed by atoms with Crippen molar-refractivity contribution in [2.75, 3.05) is 11.1 Å². The van der Waals surface area contributed by atoms with Crippen LogP contribution in [0.25, 0.3) is 0 Å². The van der Waals surface area contributed by atoms with Crippen molar-refractivity contribution in [1.29, 1.82) is 0 Å². The minimum Gasteiger partial charge on any atom is -0.325 e. The van der Waals surface area contributed by atoms with E-state index in [1.807, 2.05) is 47.9 Å². The van der Waals surface area contributed by atoms with E-state index in [1.165, 1.54) is 11.8 Å². The summed E-state index contributed by atoms with van der Waals surface area (Å²) in [5.74, 6) is 0.885. The van der Waals surface area contributed by atoms with Crippen molar-refractivity contribution >= 4 is 46.6 Å². The van der Waals surface area contributed by atoms with E-state index >= 15 is 0 Å². The van der Waals surface area contributed by atoms with Gasteiger partial charge in [-0.1, -0.05) is 59.2 Å². The molecule has 150 valence electrons. The molecule has 5 nitrogen and oxygen atoms in total. The molecule has 0 unspecified atom stereocenters. The fourth-order valence-electron chi connectivity index (χ4n) is 2.71. The highest BCUT2D eigenvalue weighted by Gasteiger charge is 2.15. The number of thioether (sulfide) groups is 1. The third kappa shape index (κ3) is 5.63. The maximum atomic E-state index is 12.4. The summed E-state index contributed by atoms with van der Waals surface area (Å²) >= 11 is 13.4. The molecule has 1 N–H and O–H groups in total. The average molecular weight is 447 g/mol.